The van der Waals surface area contributed by atoms with Crippen molar-refractivity contribution in [2.75, 3.05) is 25.0 Å². The van der Waals surface area contributed by atoms with E-state index in [1.54, 1.807) is 6.20 Å². The van der Waals surface area contributed by atoms with Crippen LogP contribution in [0.5, 0.6) is 5.75 Å². The summed E-state index contributed by atoms with van der Waals surface area (Å²) in [7, 11) is 0. The second kappa shape index (κ2) is 11.9. The normalized spacial score (nSPS) is 16.0. The Morgan fingerprint density at radius 1 is 1.08 bits per heavy atom. The first kappa shape index (κ1) is 26.2. The predicted octanol–water partition coefficient (Wildman–Crippen LogP) is 5.87. The van der Waals surface area contributed by atoms with E-state index < -0.39 is 0 Å². The van der Waals surface area contributed by atoms with Crippen molar-refractivity contribution in [3.63, 3.8) is 0 Å². The molecule has 200 valence electrons. The molecule has 2 N–H and O–H groups in total. The predicted molar refractivity (Wildman–Crippen MR) is 149 cm³/mol. The van der Waals surface area contributed by atoms with Crippen LogP contribution < -0.4 is 10.1 Å². The molecule has 0 spiro atoms. The molecule has 0 bridgehead atoms. The first-order valence-electron chi connectivity index (χ1n) is 13.9. The highest BCUT2D eigenvalue weighted by molar-refractivity contribution is 6.09. The third kappa shape index (κ3) is 6.16. The molecule has 1 aliphatic carbocycles. The van der Waals surface area contributed by atoms with Crippen molar-refractivity contribution < 1.29 is 19.4 Å². The summed E-state index contributed by atoms with van der Waals surface area (Å²) in [4.78, 5) is 32.0. The van der Waals surface area contributed by atoms with Crippen LogP contribution in [0.15, 0.2) is 48.7 Å². The van der Waals surface area contributed by atoms with Crippen LogP contribution in [0.25, 0.3) is 10.9 Å². The zero-order chi connectivity index (χ0) is 26.5. The highest BCUT2D eigenvalue weighted by atomic mass is 16.5. The quantitative estimate of drug-likeness (QED) is 0.310. The number of anilines is 2. The monoisotopic (exact) mass is 515 g/mol. The minimum absolute atomic E-state index is 0.0958. The maximum absolute atomic E-state index is 13.2. The van der Waals surface area contributed by atoms with E-state index in [4.69, 9.17) is 4.74 Å². The lowest BCUT2D eigenvalue weighted by atomic mass is 9.97. The minimum Gasteiger partial charge on any atom is -0.493 e. The molecule has 7 heteroatoms. The number of aromatic nitrogens is 1. The Kier molecular flexibility index (Phi) is 8.23. The first-order valence-corrected chi connectivity index (χ1v) is 13.9. The maximum atomic E-state index is 13.2. The van der Waals surface area contributed by atoms with Crippen molar-refractivity contribution in [2.45, 2.75) is 58.5 Å². The minimum atomic E-state index is -0.166. The van der Waals surface area contributed by atoms with Crippen LogP contribution >= 0.6 is 0 Å². The van der Waals surface area contributed by atoms with Gasteiger partial charge in [-0.25, -0.2) is 0 Å². The molecule has 5 rings (SSSR count). The number of ketones is 1. The number of amides is 1. The lowest BCUT2D eigenvalue weighted by molar-refractivity contribution is -0.132. The summed E-state index contributed by atoms with van der Waals surface area (Å²) in [6, 6.07) is 13.6. The molecule has 1 amide bonds. The van der Waals surface area contributed by atoms with Crippen LogP contribution in [-0.4, -0.2) is 46.4 Å². The van der Waals surface area contributed by atoms with E-state index in [1.165, 1.54) is 0 Å². The Morgan fingerprint density at radius 3 is 2.53 bits per heavy atom. The van der Waals surface area contributed by atoms with Crippen molar-refractivity contribution in [2.24, 2.45) is 11.8 Å². The van der Waals surface area contributed by atoms with E-state index in [9.17, 15) is 14.7 Å². The number of carbonyl (C=O) groups excluding carboxylic acids is 2. The summed E-state index contributed by atoms with van der Waals surface area (Å²) in [5.41, 5.74) is 3.57. The molecule has 2 fully saturated rings. The molecular weight excluding hydrogens is 478 g/mol. The van der Waals surface area contributed by atoms with Gasteiger partial charge in [-0.15, -0.1) is 0 Å². The number of Topliss-reactive ketones (excluding diaryl/α,β-unsaturated/α-hetero) is 1. The molecule has 1 aromatic heterocycles. The van der Waals surface area contributed by atoms with E-state index >= 15 is 0 Å². The van der Waals surface area contributed by atoms with Crippen LogP contribution in [0.1, 0.15) is 67.8 Å². The van der Waals surface area contributed by atoms with Crippen LogP contribution in [0.3, 0.4) is 0 Å². The molecule has 0 atom stereocenters. The first-order chi connectivity index (χ1) is 18.6. The summed E-state index contributed by atoms with van der Waals surface area (Å²) in [5, 5.41) is 14.4. The van der Waals surface area contributed by atoms with Gasteiger partial charge in [-0.3, -0.25) is 14.6 Å². The van der Waals surface area contributed by atoms with Crippen LogP contribution in [-0.2, 0) is 11.4 Å². The number of nitrogens with zero attached hydrogens (tertiary/aromatic N) is 2. The van der Waals surface area contributed by atoms with Crippen LogP contribution in [0.4, 0.5) is 11.4 Å². The molecule has 1 saturated carbocycles. The Morgan fingerprint density at radius 2 is 1.84 bits per heavy atom. The molecule has 1 aliphatic heterocycles. The number of fused-ring (bicyclic) bond motifs is 1. The summed E-state index contributed by atoms with van der Waals surface area (Å²) in [5.74, 6) is 1.76. The SMILES string of the molecule is CCCC(=O)N1CCC(COc2cc3c(Nc4ccccc4)c(C(=O)CC4CC4)cnc3cc2CO)CC1. The molecule has 7 nitrogen and oxygen atoms in total. The number of rotatable bonds is 11. The van der Waals surface area contributed by atoms with Crippen molar-refractivity contribution in [3.05, 3.63) is 59.8 Å². The Bertz CT molecular complexity index is 1280. The summed E-state index contributed by atoms with van der Waals surface area (Å²) in [6.07, 6.45) is 7.70. The van der Waals surface area contributed by atoms with E-state index in [0.717, 1.165) is 62.0 Å². The number of pyridine rings is 1. The zero-order valence-corrected chi connectivity index (χ0v) is 22.1. The number of carbonyl (C=O) groups is 2. The van der Waals surface area contributed by atoms with Gasteiger partial charge in [0.2, 0.25) is 5.91 Å². The second-order valence-corrected chi connectivity index (χ2v) is 10.6. The topological polar surface area (TPSA) is 91.8 Å². The Balaban J connectivity index is 1.40. The average Bonchev–Trinajstić information content (AvgIpc) is 3.76. The summed E-state index contributed by atoms with van der Waals surface area (Å²) >= 11 is 0. The van der Waals surface area contributed by atoms with E-state index in [0.29, 0.717) is 53.7 Å². The van der Waals surface area contributed by atoms with Gasteiger partial charge in [-0.2, -0.15) is 0 Å². The molecule has 2 aromatic carbocycles. The number of hydrogen-bond donors (Lipinski definition) is 2. The molecule has 2 aliphatic rings. The van der Waals surface area contributed by atoms with Crippen LogP contribution in [0, 0.1) is 11.8 Å². The molecule has 38 heavy (non-hydrogen) atoms. The molecular formula is C31H37N3O4. The standard InChI is InChI=1S/C31H37N3O4/c1-2-6-30(37)34-13-11-22(12-14-34)20-38-29-17-25-27(16-23(29)19-35)32-18-26(28(36)15-21-9-10-21)31(25)33-24-7-4-3-5-8-24/h3-5,7-8,16-18,21-22,35H,2,6,9-15,19-20H2,1H3,(H,32,33). The zero-order valence-electron chi connectivity index (χ0n) is 22.1. The molecule has 1 saturated heterocycles. The van der Waals surface area contributed by atoms with Gasteiger partial charge >= 0.3 is 0 Å². The van der Waals surface area contributed by atoms with Crippen molar-refractivity contribution in [1.29, 1.82) is 0 Å². The number of para-hydroxylation sites is 1. The highest BCUT2D eigenvalue weighted by Gasteiger charge is 2.27. The number of benzene rings is 2. The fourth-order valence-electron chi connectivity index (χ4n) is 5.16. The molecule has 0 radical (unpaired) electrons. The summed E-state index contributed by atoms with van der Waals surface area (Å²) in [6.45, 7) is 3.91. The van der Waals surface area contributed by atoms with Gasteiger partial charge in [0.25, 0.3) is 0 Å². The van der Waals surface area contributed by atoms with Gasteiger partial charge in [-0.05, 0) is 68.2 Å². The maximum Gasteiger partial charge on any atom is 0.222 e. The number of aliphatic hydroxyl groups excluding tert-OH is 1. The number of ether oxygens (including phenoxy) is 1. The van der Waals surface area contributed by atoms with Gasteiger partial charge in [0, 0.05) is 48.8 Å². The number of piperidine rings is 1. The largest absolute Gasteiger partial charge is 0.493 e. The van der Waals surface area contributed by atoms with Gasteiger partial charge in [0.05, 0.1) is 30.0 Å². The van der Waals surface area contributed by atoms with Crippen molar-refractivity contribution in [3.8, 4) is 5.75 Å². The van der Waals surface area contributed by atoms with Crippen molar-refractivity contribution >= 4 is 34.0 Å². The number of nitrogens with one attached hydrogen (secondary N) is 1. The lowest BCUT2D eigenvalue weighted by Gasteiger charge is -2.32. The van der Waals surface area contributed by atoms with Gasteiger partial charge in [-0.1, -0.05) is 25.1 Å². The molecule has 2 heterocycles. The molecule has 3 aromatic rings. The fourth-order valence-corrected chi connectivity index (χ4v) is 5.16. The van der Waals surface area contributed by atoms with E-state index in [1.807, 2.05) is 54.3 Å². The molecule has 0 unspecified atom stereocenters. The average molecular weight is 516 g/mol. The Labute approximate surface area is 224 Å². The third-order valence-corrected chi connectivity index (χ3v) is 7.64. The van der Waals surface area contributed by atoms with Crippen molar-refractivity contribution in [1.82, 2.24) is 9.88 Å². The van der Waals surface area contributed by atoms with E-state index in [2.05, 4.69) is 10.3 Å². The Hall–Kier alpha value is -3.45. The number of hydrogen-bond acceptors (Lipinski definition) is 6. The second-order valence-electron chi connectivity index (χ2n) is 10.6. The smallest absolute Gasteiger partial charge is 0.222 e. The van der Waals surface area contributed by atoms with Gasteiger partial charge < -0.3 is 20.1 Å². The number of likely N-dealkylation sites (tertiary alicyclic amines) is 1. The fraction of sp³-hybridized carbons (Fsp3) is 0.452. The highest BCUT2D eigenvalue weighted by Crippen LogP contribution is 2.38. The lowest BCUT2D eigenvalue weighted by Crippen LogP contribution is -2.39. The third-order valence-electron chi connectivity index (χ3n) is 7.64. The van der Waals surface area contributed by atoms with E-state index in [-0.39, 0.29) is 18.3 Å². The van der Waals surface area contributed by atoms with Gasteiger partial charge in [0.15, 0.2) is 5.78 Å². The van der Waals surface area contributed by atoms with Gasteiger partial charge in [0.1, 0.15) is 5.75 Å². The number of aliphatic hydroxyl groups is 1. The van der Waals surface area contributed by atoms with Crippen LogP contribution in [0.2, 0.25) is 0 Å². The summed E-state index contributed by atoms with van der Waals surface area (Å²) < 4.78 is 6.30.